The SMILES string of the molecule is CCN(CC1CC1)C(=O)N1CCC(CC)(C(=O)O)CC1. The lowest BCUT2D eigenvalue weighted by atomic mass is 9.76. The Bertz CT molecular complexity index is 371. The lowest BCUT2D eigenvalue weighted by Crippen LogP contribution is -2.51. The molecule has 1 N–H and O–H groups in total. The summed E-state index contributed by atoms with van der Waals surface area (Å²) in [6.07, 6.45) is 4.27. The molecule has 20 heavy (non-hydrogen) atoms. The van der Waals surface area contributed by atoms with Gasteiger partial charge in [0.05, 0.1) is 5.41 Å². The number of carbonyl (C=O) groups excluding carboxylic acids is 1. The van der Waals surface area contributed by atoms with E-state index in [1.54, 1.807) is 0 Å². The summed E-state index contributed by atoms with van der Waals surface area (Å²) in [4.78, 5) is 27.6. The molecular formula is C15H26N2O3. The fourth-order valence-electron chi connectivity index (χ4n) is 3.00. The largest absolute Gasteiger partial charge is 0.481 e. The monoisotopic (exact) mass is 282 g/mol. The minimum Gasteiger partial charge on any atom is -0.481 e. The molecule has 0 atom stereocenters. The smallest absolute Gasteiger partial charge is 0.319 e. The summed E-state index contributed by atoms with van der Waals surface area (Å²) in [5, 5.41) is 9.38. The molecule has 0 aromatic rings. The molecular weight excluding hydrogens is 256 g/mol. The first-order valence-corrected chi connectivity index (χ1v) is 7.79. The van der Waals surface area contributed by atoms with Crippen LogP contribution in [0, 0.1) is 11.3 Å². The second-order valence-corrected chi connectivity index (χ2v) is 6.19. The molecule has 0 spiro atoms. The highest BCUT2D eigenvalue weighted by Crippen LogP contribution is 2.36. The number of likely N-dealkylation sites (tertiary alicyclic amines) is 1. The Morgan fingerprint density at radius 2 is 1.85 bits per heavy atom. The Morgan fingerprint density at radius 1 is 1.25 bits per heavy atom. The minimum absolute atomic E-state index is 0.0921. The second kappa shape index (κ2) is 6.02. The number of carbonyl (C=O) groups is 2. The van der Waals surface area contributed by atoms with E-state index >= 15 is 0 Å². The Hall–Kier alpha value is -1.26. The van der Waals surface area contributed by atoms with Gasteiger partial charge in [0, 0.05) is 26.2 Å². The molecule has 2 rings (SSSR count). The van der Waals surface area contributed by atoms with E-state index in [0.717, 1.165) is 13.1 Å². The zero-order valence-corrected chi connectivity index (χ0v) is 12.6. The number of carboxylic acids is 1. The third-order valence-electron chi connectivity index (χ3n) is 4.95. The number of rotatable bonds is 5. The molecule has 114 valence electrons. The van der Waals surface area contributed by atoms with Crippen molar-refractivity contribution in [1.29, 1.82) is 0 Å². The molecule has 2 fully saturated rings. The lowest BCUT2D eigenvalue weighted by molar-refractivity contribution is -0.152. The highest BCUT2D eigenvalue weighted by atomic mass is 16.4. The average molecular weight is 282 g/mol. The standard InChI is InChI=1S/C15H26N2O3/c1-3-15(13(18)19)7-9-17(10-8-15)14(20)16(4-2)11-12-5-6-12/h12H,3-11H2,1-2H3,(H,18,19). The molecule has 0 bridgehead atoms. The van der Waals surface area contributed by atoms with Crippen LogP contribution < -0.4 is 0 Å². The van der Waals surface area contributed by atoms with Crippen LogP contribution in [0.2, 0.25) is 0 Å². The van der Waals surface area contributed by atoms with Crippen molar-refractivity contribution >= 4 is 12.0 Å². The van der Waals surface area contributed by atoms with Crippen LogP contribution >= 0.6 is 0 Å². The van der Waals surface area contributed by atoms with Crippen LogP contribution in [-0.4, -0.2) is 53.1 Å². The third kappa shape index (κ3) is 3.07. The van der Waals surface area contributed by atoms with Crippen molar-refractivity contribution in [2.24, 2.45) is 11.3 Å². The topological polar surface area (TPSA) is 60.9 Å². The van der Waals surface area contributed by atoms with Crippen LogP contribution in [0.3, 0.4) is 0 Å². The summed E-state index contributed by atoms with van der Waals surface area (Å²) in [7, 11) is 0. The summed E-state index contributed by atoms with van der Waals surface area (Å²) >= 11 is 0. The Morgan fingerprint density at radius 3 is 2.25 bits per heavy atom. The van der Waals surface area contributed by atoms with E-state index in [-0.39, 0.29) is 6.03 Å². The molecule has 1 aliphatic heterocycles. The number of nitrogens with zero attached hydrogens (tertiary/aromatic N) is 2. The van der Waals surface area contributed by atoms with Crippen LogP contribution in [0.25, 0.3) is 0 Å². The summed E-state index contributed by atoms with van der Waals surface area (Å²) in [5.74, 6) is -0.0186. The van der Waals surface area contributed by atoms with Gasteiger partial charge >= 0.3 is 12.0 Å². The van der Waals surface area contributed by atoms with Gasteiger partial charge in [-0.3, -0.25) is 4.79 Å². The number of carboxylic acid groups (broad SMARTS) is 1. The van der Waals surface area contributed by atoms with Gasteiger partial charge in [-0.2, -0.15) is 0 Å². The van der Waals surface area contributed by atoms with Crippen molar-refractivity contribution < 1.29 is 14.7 Å². The summed E-state index contributed by atoms with van der Waals surface area (Å²) in [6.45, 7) is 6.68. The van der Waals surface area contributed by atoms with Crippen LogP contribution in [0.4, 0.5) is 4.79 Å². The molecule has 5 nitrogen and oxygen atoms in total. The maximum atomic E-state index is 12.5. The maximum absolute atomic E-state index is 12.5. The van der Waals surface area contributed by atoms with E-state index in [1.807, 2.05) is 23.6 Å². The lowest BCUT2D eigenvalue weighted by Gasteiger charge is -2.40. The van der Waals surface area contributed by atoms with Gasteiger partial charge < -0.3 is 14.9 Å². The van der Waals surface area contributed by atoms with Crippen LogP contribution in [0.15, 0.2) is 0 Å². The zero-order chi connectivity index (χ0) is 14.8. The quantitative estimate of drug-likeness (QED) is 0.842. The molecule has 1 aliphatic carbocycles. The van der Waals surface area contributed by atoms with Crippen LogP contribution in [0.1, 0.15) is 46.0 Å². The maximum Gasteiger partial charge on any atom is 0.319 e. The average Bonchev–Trinajstić information content (AvgIpc) is 3.28. The van der Waals surface area contributed by atoms with Crippen molar-refractivity contribution in [2.45, 2.75) is 46.0 Å². The number of hydrogen-bond acceptors (Lipinski definition) is 2. The Kier molecular flexibility index (Phi) is 4.55. The van der Waals surface area contributed by atoms with E-state index < -0.39 is 11.4 Å². The van der Waals surface area contributed by atoms with Gasteiger partial charge in [-0.15, -0.1) is 0 Å². The molecule has 0 radical (unpaired) electrons. The predicted octanol–water partition coefficient (Wildman–Crippen LogP) is 2.42. The first-order valence-electron chi connectivity index (χ1n) is 7.79. The Labute approximate surface area is 120 Å². The fourth-order valence-corrected chi connectivity index (χ4v) is 3.00. The number of hydrogen-bond donors (Lipinski definition) is 1. The molecule has 0 aromatic carbocycles. The van der Waals surface area contributed by atoms with Crippen LogP contribution in [0.5, 0.6) is 0 Å². The van der Waals surface area contributed by atoms with Crippen molar-refractivity contribution in [3.05, 3.63) is 0 Å². The van der Waals surface area contributed by atoms with Crippen molar-refractivity contribution in [3.8, 4) is 0 Å². The van der Waals surface area contributed by atoms with Crippen molar-refractivity contribution in [2.75, 3.05) is 26.2 Å². The van der Waals surface area contributed by atoms with E-state index in [9.17, 15) is 14.7 Å². The van der Waals surface area contributed by atoms with Gasteiger partial charge in [0.1, 0.15) is 0 Å². The molecule has 5 heteroatoms. The first kappa shape index (κ1) is 15.1. The van der Waals surface area contributed by atoms with Gasteiger partial charge in [0.15, 0.2) is 0 Å². The molecule has 1 saturated heterocycles. The Balaban J connectivity index is 1.91. The number of amides is 2. The molecule has 1 heterocycles. The summed E-state index contributed by atoms with van der Waals surface area (Å²) in [6, 6.07) is 0.0921. The molecule has 2 amide bonds. The molecule has 0 unspecified atom stereocenters. The van der Waals surface area contributed by atoms with E-state index in [0.29, 0.717) is 38.3 Å². The second-order valence-electron chi connectivity index (χ2n) is 6.19. The fraction of sp³-hybridized carbons (Fsp3) is 0.867. The van der Waals surface area contributed by atoms with E-state index in [2.05, 4.69) is 0 Å². The highest BCUT2D eigenvalue weighted by molar-refractivity contribution is 5.77. The van der Waals surface area contributed by atoms with Crippen molar-refractivity contribution in [1.82, 2.24) is 9.80 Å². The molecule has 0 aromatic heterocycles. The number of piperidine rings is 1. The highest BCUT2D eigenvalue weighted by Gasteiger charge is 2.41. The van der Waals surface area contributed by atoms with Crippen LogP contribution in [-0.2, 0) is 4.79 Å². The summed E-state index contributed by atoms with van der Waals surface area (Å²) < 4.78 is 0. The molecule has 1 saturated carbocycles. The van der Waals surface area contributed by atoms with Crippen molar-refractivity contribution in [3.63, 3.8) is 0 Å². The van der Waals surface area contributed by atoms with Gasteiger partial charge in [-0.1, -0.05) is 6.92 Å². The molecule has 2 aliphatic rings. The van der Waals surface area contributed by atoms with E-state index in [4.69, 9.17) is 0 Å². The minimum atomic E-state index is -0.711. The zero-order valence-electron chi connectivity index (χ0n) is 12.6. The third-order valence-corrected chi connectivity index (χ3v) is 4.95. The van der Waals surface area contributed by atoms with Gasteiger partial charge in [-0.25, -0.2) is 4.79 Å². The summed E-state index contributed by atoms with van der Waals surface area (Å²) in [5.41, 5.74) is -0.621. The van der Waals surface area contributed by atoms with Gasteiger partial charge in [-0.05, 0) is 44.9 Å². The van der Waals surface area contributed by atoms with Gasteiger partial charge in [0.2, 0.25) is 0 Å². The normalized spacial score (nSPS) is 21.6. The van der Waals surface area contributed by atoms with E-state index in [1.165, 1.54) is 12.8 Å². The number of aliphatic carboxylic acids is 1. The van der Waals surface area contributed by atoms with Gasteiger partial charge in [0.25, 0.3) is 0 Å². The number of urea groups is 1. The predicted molar refractivity (Wildman–Crippen MR) is 76.5 cm³/mol. The first-order chi connectivity index (χ1) is 9.52.